The average Bonchev–Trinajstić information content (AvgIpc) is 2.86. The highest BCUT2D eigenvalue weighted by atomic mass is 32.2. The number of nitrogens with one attached hydrogen (secondary N) is 2. The van der Waals surface area contributed by atoms with Gasteiger partial charge in [0.15, 0.2) is 0 Å². The molecule has 0 atom stereocenters. The molecule has 0 saturated heterocycles. The van der Waals surface area contributed by atoms with Crippen LogP contribution in [-0.4, -0.2) is 14.3 Å². The Morgan fingerprint density at radius 3 is 2.59 bits per heavy atom. The number of aryl methyl sites for hydroxylation is 1. The molecule has 0 saturated carbocycles. The molecule has 0 radical (unpaired) electrons. The summed E-state index contributed by atoms with van der Waals surface area (Å²) in [4.78, 5) is 11.3. The largest absolute Gasteiger partial charge is 0.326 e. The zero-order chi connectivity index (χ0) is 15.7. The fraction of sp³-hybridized carbons (Fsp3) is 0.133. The van der Waals surface area contributed by atoms with Gasteiger partial charge in [-0.15, -0.1) is 4.28 Å². The molecule has 0 bridgehead atoms. The maximum Gasteiger partial charge on any atom is 0.317 e. The summed E-state index contributed by atoms with van der Waals surface area (Å²) in [6, 6.07) is 11.5. The van der Waals surface area contributed by atoms with Crippen LogP contribution in [0, 0.1) is 6.92 Å². The number of carbonyl (C=O) groups excluding carboxylic acids is 1. The summed E-state index contributed by atoms with van der Waals surface area (Å²) >= 11 is 0. The third-order valence-corrected chi connectivity index (χ3v) is 4.45. The second-order valence-electron chi connectivity index (χ2n) is 5.05. The van der Waals surface area contributed by atoms with Crippen LogP contribution in [0.25, 0.3) is 0 Å². The molecule has 1 aliphatic rings. The monoisotopic (exact) mass is 318 g/mol. The molecular formula is C15H14N2O4S. The first-order valence-corrected chi connectivity index (χ1v) is 8.04. The van der Waals surface area contributed by atoms with Gasteiger partial charge in [0.25, 0.3) is 0 Å². The Morgan fingerprint density at radius 1 is 1.14 bits per heavy atom. The fourth-order valence-corrected chi connectivity index (χ4v) is 2.96. The minimum atomic E-state index is -3.96. The van der Waals surface area contributed by atoms with Crippen molar-refractivity contribution in [3.05, 3.63) is 53.6 Å². The Labute approximate surface area is 128 Å². The second-order valence-corrected chi connectivity index (χ2v) is 6.60. The van der Waals surface area contributed by atoms with Gasteiger partial charge in [0.1, 0.15) is 0 Å². The number of amides is 1. The zero-order valence-corrected chi connectivity index (χ0v) is 12.6. The molecule has 2 aromatic carbocycles. The Kier molecular flexibility index (Phi) is 3.59. The van der Waals surface area contributed by atoms with Gasteiger partial charge in [-0.25, -0.2) is 5.48 Å². The topological polar surface area (TPSA) is 84.5 Å². The smallest absolute Gasteiger partial charge is 0.317 e. The van der Waals surface area contributed by atoms with Crippen molar-refractivity contribution in [3.8, 4) is 0 Å². The minimum absolute atomic E-state index is 0.00219. The van der Waals surface area contributed by atoms with Crippen LogP contribution in [0.4, 0.5) is 11.4 Å². The Balaban J connectivity index is 1.77. The van der Waals surface area contributed by atoms with Gasteiger partial charge < -0.3 is 5.32 Å². The van der Waals surface area contributed by atoms with Crippen molar-refractivity contribution >= 4 is 27.4 Å². The number of fused-ring (bicyclic) bond motifs is 1. The summed E-state index contributed by atoms with van der Waals surface area (Å²) in [5, 5.41) is 2.65. The van der Waals surface area contributed by atoms with Gasteiger partial charge >= 0.3 is 10.1 Å². The third kappa shape index (κ3) is 2.95. The molecule has 114 valence electrons. The standard InChI is InChI=1S/C15H14N2O4S/c1-10-2-4-12(5-3-10)17-21-22(19,20)13-6-7-14-11(8-13)9-15(18)16-14/h2-8,17H,9H2,1H3,(H,16,18). The summed E-state index contributed by atoms with van der Waals surface area (Å²) in [6.45, 7) is 1.93. The number of hydrogen-bond donors (Lipinski definition) is 2. The highest BCUT2D eigenvalue weighted by Gasteiger charge is 2.22. The number of anilines is 2. The lowest BCUT2D eigenvalue weighted by atomic mass is 10.2. The quantitative estimate of drug-likeness (QED) is 0.845. The molecular weight excluding hydrogens is 304 g/mol. The Morgan fingerprint density at radius 2 is 1.86 bits per heavy atom. The summed E-state index contributed by atoms with van der Waals surface area (Å²) in [5.74, 6) is -0.150. The first kappa shape index (κ1) is 14.6. The molecule has 0 aliphatic carbocycles. The van der Waals surface area contributed by atoms with Crippen molar-refractivity contribution in [3.63, 3.8) is 0 Å². The van der Waals surface area contributed by atoms with Crippen LogP contribution in [0.5, 0.6) is 0 Å². The lowest BCUT2D eigenvalue weighted by Gasteiger charge is -2.08. The van der Waals surface area contributed by atoms with E-state index >= 15 is 0 Å². The molecule has 6 nitrogen and oxygen atoms in total. The molecule has 0 fully saturated rings. The molecule has 22 heavy (non-hydrogen) atoms. The van der Waals surface area contributed by atoms with E-state index in [4.69, 9.17) is 4.28 Å². The van der Waals surface area contributed by atoms with Gasteiger partial charge in [0.05, 0.1) is 17.0 Å². The van der Waals surface area contributed by atoms with Crippen molar-refractivity contribution in [2.24, 2.45) is 0 Å². The van der Waals surface area contributed by atoms with Crippen LogP contribution in [0.15, 0.2) is 47.4 Å². The normalized spacial score (nSPS) is 13.6. The number of rotatable bonds is 4. The Hall–Kier alpha value is -2.38. The van der Waals surface area contributed by atoms with E-state index in [0.29, 0.717) is 16.9 Å². The molecule has 1 heterocycles. The van der Waals surface area contributed by atoms with E-state index in [1.807, 2.05) is 19.1 Å². The highest BCUT2D eigenvalue weighted by Crippen LogP contribution is 2.26. The first-order valence-electron chi connectivity index (χ1n) is 6.63. The SMILES string of the molecule is Cc1ccc(NOS(=O)(=O)c2ccc3c(c2)CC(=O)N3)cc1. The summed E-state index contributed by atoms with van der Waals surface area (Å²) in [5.41, 5.74) is 5.29. The van der Waals surface area contributed by atoms with E-state index in [1.165, 1.54) is 12.1 Å². The summed E-state index contributed by atoms with van der Waals surface area (Å²) in [6.07, 6.45) is 0.171. The van der Waals surface area contributed by atoms with Crippen LogP contribution < -0.4 is 10.8 Å². The average molecular weight is 318 g/mol. The van der Waals surface area contributed by atoms with Gasteiger partial charge in [0, 0.05) is 5.69 Å². The lowest BCUT2D eigenvalue weighted by Crippen LogP contribution is -2.12. The summed E-state index contributed by atoms with van der Waals surface area (Å²) < 4.78 is 29.2. The van der Waals surface area contributed by atoms with E-state index in [2.05, 4.69) is 10.8 Å². The van der Waals surface area contributed by atoms with E-state index in [9.17, 15) is 13.2 Å². The van der Waals surface area contributed by atoms with Gasteiger partial charge in [-0.3, -0.25) is 4.79 Å². The maximum atomic E-state index is 12.2. The molecule has 0 unspecified atom stereocenters. The molecule has 2 aromatic rings. The number of hydrogen-bond acceptors (Lipinski definition) is 5. The molecule has 0 spiro atoms. The van der Waals surface area contributed by atoms with Crippen LogP contribution in [0.1, 0.15) is 11.1 Å². The lowest BCUT2D eigenvalue weighted by molar-refractivity contribution is -0.115. The van der Waals surface area contributed by atoms with E-state index in [-0.39, 0.29) is 17.2 Å². The van der Waals surface area contributed by atoms with Crippen LogP contribution in [0.2, 0.25) is 0 Å². The molecule has 7 heteroatoms. The predicted octanol–water partition coefficient (Wildman–Crippen LogP) is 2.22. The van der Waals surface area contributed by atoms with Crippen molar-refractivity contribution in [1.82, 2.24) is 0 Å². The van der Waals surface area contributed by atoms with Crippen LogP contribution >= 0.6 is 0 Å². The van der Waals surface area contributed by atoms with Crippen LogP contribution in [0.3, 0.4) is 0 Å². The van der Waals surface area contributed by atoms with Crippen molar-refractivity contribution in [1.29, 1.82) is 0 Å². The molecule has 3 rings (SSSR count). The predicted molar refractivity (Wildman–Crippen MR) is 81.8 cm³/mol. The van der Waals surface area contributed by atoms with Crippen molar-refractivity contribution in [2.75, 3.05) is 10.8 Å². The van der Waals surface area contributed by atoms with Crippen molar-refractivity contribution in [2.45, 2.75) is 18.2 Å². The molecule has 1 amide bonds. The van der Waals surface area contributed by atoms with E-state index < -0.39 is 10.1 Å². The maximum absolute atomic E-state index is 12.2. The van der Waals surface area contributed by atoms with Gasteiger partial charge in [-0.2, -0.15) is 8.42 Å². The molecule has 2 N–H and O–H groups in total. The highest BCUT2D eigenvalue weighted by molar-refractivity contribution is 7.86. The van der Waals surface area contributed by atoms with Crippen molar-refractivity contribution < 1.29 is 17.5 Å². The third-order valence-electron chi connectivity index (χ3n) is 3.31. The zero-order valence-electron chi connectivity index (χ0n) is 11.8. The van der Waals surface area contributed by atoms with Gasteiger partial charge in [-0.1, -0.05) is 17.7 Å². The van der Waals surface area contributed by atoms with E-state index in [1.54, 1.807) is 18.2 Å². The fourth-order valence-electron chi connectivity index (χ4n) is 2.13. The van der Waals surface area contributed by atoms with Gasteiger partial charge in [0.2, 0.25) is 5.91 Å². The molecule has 1 aliphatic heterocycles. The molecule has 0 aromatic heterocycles. The first-order chi connectivity index (χ1) is 10.4. The Bertz CT molecular complexity index is 829. The summed E-state index contributed by atoms with van der Waals surface area (Å²) in [7, 11) is -3.96. The number of carbonyl (C=O) groups is 1. The second kappa shape index (κ2) is 5.43. The minimum Gasteiger partial charge on any atom is -0.326 e. The van der Waals surface area contributed by atoms with Crippen LogP contribution in [-0.2, 0) is 25.6 Å². The van der Waals surface area contributed by atoms with E-state index in [0.717, 1.165) is 5.56 Å². The van der Waals surface area contributed by atoms with Gasteiger partial charge in [-0.05, 0) is 42.8 Å². The number of benzene rings is 2.